The lowest BCUT2D eigenvalue weighted by atomic mass is 9.79. The maximum absolute atomic E-state index is 14.8. The first-order chi connectivity index (χ1) is 24.9. The number of hydrogen-bond donors (Lipinski definition) is 0. The van der Waals surface area contributed by atoms with Crippen molar-refractivity contribution in [3.8, 4) is 23.0 Å². The topological polar surface area (TPSA) is 116 Å². The van der Waals surface area contributed by atoms with Crippen molar-refractivity contribution in [3.05, 3.63) is 71.8 Å². The van der Waals surface area contributed by atoms with Crippen LogP contribution < -0.4 is 28.7 Å². The standard InChI is InChI=1S/C40H51N3O9/c1-8-42(29-13-14-36-35(20-29)43(16-10-18-47-5)37(44)26-51-36)38(45)34-24-41(39(46)52-40(2,3)4)17-15-33(34)28-12-9-11-27(19-28)25-50-32-22-30(48-6)21-31(23-32)49-7/h9,11-14,19-23,33-34H,8,10,15-18,24-26H2,1-7H3/t33-,34+/m1/s1. The summed E-state index contributed by atoms with van der Waals surface area (Å²) < 4.78 is 33.6. The van der Waals surface area contributed by atoms with Gasteiger partial charge in [0.15, 0.2) is 6.61 Å². The van der Waals surface area contributed by atoms with Crippen LogP contribution in [0.25, 0.3) is 0 Å². The summed E-state index contributed by atoms with van der Waals surface area (Å²) in [6, 6.07) is 18.9. The van der Waals surface area contributed by atoms with Crippen molar-refractivity contribution < 1.29 is 42.8 Å². The van der Waals surface area contributed by atoms with Crippen LogP contribution in [0.15, 0.2) is 60.7 Å². The highest BCUT2D eigenvalue weighted by atomic mass is 16.6. The molecular weight excluding hydrogens is 666 g/mol. The van der Waals surface area contributed by atoms with Crippen molar-refractivity contribution in [2.75, 3.05) is 70.5 Å². The Morgan fingerprint density at radius 1 is 0.962 bits per heavy atom. The Hall–Kier alpha value is -4.97. The van der Waals surface area contributed by atoms with Crippen molar-refractivity contribution in [2.45, 2.75) is 58.7 Å². The Morgan fingerprint density at radius 2 is 1.69 bits per heavy atom. The highest BCUT2D eigenvalue weighted by Crippen LogP contribution is 2.39. The Balaban J connectivity index is 1.43. The Labute approximate surface area is 306 Å². The number of rotatable bonds is 13. The molecule has 2 atom stereocenters. The number of amides is 3. The summed E-state index contributed by atoms with van der Waals surface area (Å²) in [4.78, 5) is 46.1. The molecule has 3 aromatic carbocycles. The second kappa shape index (κ2) is 17.0. The van der Waals surface area contributed by atoms with E-state index in [4.69, 9.17) is 28.4 Å². The van der Waals surface area contributed by atoms with Crippen LogP contribution in [0.3, 0.4) is 0 Å². The highest BCUT2D eigenvalue weighted by molar-refractivity contribution is 6.01. The molecule has 52 heavy (non-hydrogen) atoms. The predicted octanol–water partition coefficient (Wildman–Crippen LogP) is 6.44. The summed E-state index contributed by atoms with van der Waals surface area (Å²) in [6.45, 7) is 9.64. The molecule has 1 saturated heterocycles. The summed E-state index contributed by atoms with van der Waals surface area (Å²) in [5, 5.41) is 0. The molecule has 2 aliphatic heterocycles. The molecule has 0 aromatic heterocycles. The SMILES string of the molecule is CCN(C(=O)[C@H]1CN(C(=O)OC(C)(C)C)CC[C@@H]1c1cccc(COc2cc(OC)cc(OC)c2)c1)c1ccc2c(c1)N(CCCOC)C(=O)CO2. The van der Waals surface area contributed by atoms with E-state index in [0.29, 0.717) is 73.5 Å². The van der Waals surface area contributed by atoms with Crippen LogP contribution in [0.4, 0.5) is 16.2 Å². The van der Waals surface area contributed by atoms with Crippen LogP contribution >= 0.6 is 0 Å². The first kappa shape index (κ1) is 38.3. The minimum Gasteiger partial charge on any atom is -0.496 e. The molecule has 0 bridgehead atoms. The predicted molar refractivity (Wildman–Crippen MR) is 198 cm³/mol. The van der Waals surface area contributed by atoms with E-state index in [1.807, 2.05) is 64.1 Å². The summed E-state index contributed by atoms with van der Waals surface area (Å²) in [5.41, 5.74) is 2.50. The molecule has 2 heterocycles. The number of fused-ring (bicyclic) bond motifs is 1. The monoisotopic (exact) mass is 717 g/mol. The van der Waals surface area contributed by atoms with Crippen LogP contribution in [-0.4, -0.2) is 89.1 Å². The number of piperidine rings is 1. The summed E-state index contributed by atoms with van der Waals surface area (Å²) in [5.74, 6) is 1.40. The van der Waals surface area contributed by atoms with Crippen molar-refractivity contribution in [1.29, 1.82) is 0 Å². The zero-order valence-electron chi connectivity index (χ0n) is 31.3. The quantitative estimate of drug-likeness (QED) is 0.184. The van der Waals surface area contributed by atoms with E-state index in [9.17, 15) is 14.4 Å². The number of carbonyl (C=O) groups excluding carboxylic acids is 3. The van der Waals surface area contributed by atoms with Crippen molar-refractivity contribution >= 4 is 29.3 Å². The minimum atomic E-state index is -0.679. The fraction of sp³-hybridized carbons (Fsp3) is 0.475. The van der Waals surface area contributed by atoms with Gasteiger partial charge in [-0.1, -0.05) is 24.3 Å². The summed E-state index contributed by atoms with van der Waals surface area (Å²) in [7, 11) is 4.81. The molecule has 3 amide bonds. The average Bonchev–Trinajstić information content (AvgIpc) is 3.14. The third kappa shape index (κ3) is 9.27. The number of benzene rings is 3. The van der Waals surface area contributed by atoms with Gasteiger partial charge in [-0.2, -0.15) is 0 Å². The Kier molecular flexibility index (Phi) is 12.5. The van der Waals surface area contributed by atoms with Gasteiger partial charge in [-0.15, -0.1) is 0 Å². The van der Waals surface area contributed by atoms with Gasteiger partial charge < -0.3 is 43.1 Å². The van der Waals surface area contributed by atoms with E-state index < -0.39 is 17.6 Å². The first-order valence-electron chi connectivity index (χ1n) is 17.7. The van der Waals surface area contributed by atoms with Gasteiger partial charge in [0.2, 0.25) is 5.91 Å². The molecule has 0 unspecified atom stereocenters. The number of ether oxygens (including phenoxy) is 6. The molecule has 3 aromatic rings. The van der Waals surface area contributed by atoms with Gasteiger partial charge in [0.25, 0.3) is 5.91 Å². The lowest BCUT2D eigenvalue weighted by Gasteiger charge is -2.40. The van der Waals surface area contributed by atoms with Gasteiger partial charge in [0.1, 0.15) is 35.2 Å². The van der Waals surface area contributed by atoms with E-state index in [-0.39, 0.29) is 37.5 Å². The van der Waals surface area contributed by atoms with E-state index in [0.717, 1.165) is 11.1 Å². The lowest BCUT2D eigenvalue weighted by Crippen LogP contribution is -2.51. The molecule has 0 saturated carbocycles. The van der Waals surface area contributed by atoms with Crippen molar-refractivity contribution in [1.82, 2.24) is 4.90 Å². The smallest absolute Gasteiger partial charge is 0.410 e. The maximum Gasteiger partial charge on any atom is 0.410 e. The number of hydrogen-bond acceptors (Lipinski definition) is 9. The molecule has 0 N–H and O–H groups in total. The van der Waals surface area contributed by atoms with E-state index >= 15 is 0 Å². The van der Waals surface area contributed by atoms with Crippen LogP contribution in [0.1, 0.15) is 57.6 Å². The first-order valence-corrected chi connectivity index (χ1v) is 17.7. The fourth-order valence-corrected chi connectivity index (χ4v) is 6.67. The molecule has 5 rings (SSSR count). The molecule has 0 aliphatic carbocycles. The second-order valence-electron chi connectivity index (χ2n) is 13.9. The molecule has 2 aliphatic rings. The van der Waals surface area contributed by atoms with Crippen molar-refractivity contribution in [3.63, 3.8) is 0 Å². The summed E-state index contributed by atoms with van der Waals surface area (Å²) in [6.07, 6.45) is 0.772. The van der Waals surface area contributed by atoms with Crippen molar-refractivity contribution in [2.24, 2.45) is 5.92 Å². The third-order valence-corrected chi connectivity index (χ3v) is 9.20. The molecule has 1 fully saturated rings. The summed E-state index contributed by atoms with van der Waals surface area (Å²) >= 11 is 0. The average molecular weight is 718 g/mol. The fourth-order valence-electron chi connectivity index (χ4n) is 6.67. The largest absolute Gasteiger partial charge is 0.496 e. The van der Waals surface area contributed by atoms with E-state index in [2.05, 4.69) is 6.07 Å². The number of likely N-dealkylation sites (tertiary alicyclic amines) is 1. The second-order valence-corrected chi connectivity index (χ2v) is 13.9. The zero-order chi connectivity index (χ0) is 37.4. The highest BCUT2D eigenvalue weighted by Gasteiger charge is 2.40. The minimum absolute atomic E-state index is 0.0438. The number of methoxy groups -OCH3 is 3. The van der Waals surface area contributed by atoms with Gasteiger partial charge >= 0.3 is 6.09 Å². The van der Waals surface area contributed by atoms with E-state index in [1.54, 1.807) is 54.2 Å². The lowest BCUT2D eigenvalue weighted by molar-refractivity contribution is -0.124. The van der Waals surface area contributed by atoms with Crippen LogP contribution in [-0.2, 0) is 25.7 Å². The number of nitrogens with zero attached hydrogens (tertiary/aromatic N) is 3. The third-order valence-electron chi connectivity index (χ3n) is 9.20. The van der Waals surface area contributed by atoms with Crippen LogP contribution in [0, 0.1) is 5.92 Å². The van der Waals surface area contributed by atoms with Gasteiger partial charge in [-0.25, -0.2) is 4.79 Å². The van der Waals surface area contributed by atoms with Crippen LogP contribution in [0.5, 0.6) is 23.0 Å². The van der Waals surface area contributed by atoms with Gasteiger partial charge in [-0.05, 0) is 75.8 Å². The molecule has 12 heteroatoms. The molecule has 0 spiro atoms. The normalized spacial score (nSPS) is 17.2. The molecule has 280 valence electrons. The van der Waals surface area contributed by atoms with Gasteiger partial charge in [-0.3, -0.25) is 9.59 Å². The van der Waals surface area contributed by atoms with Crippen LogP contribution in [0.2, 0.25) is 0 Å². The Morgan fingerprint density at radius 3 is 2.37 bits per heavy atom. The maximum atomic E-state index is 14.8. The number of anilines is 2. The molecular formula is C40H51N3O9. The molecule has 12 nitrogen and oxygen atoms in total. The Bertz CT molecular complexity index is 1700. The number of carbonyl (C=O) groups is 3. The van der Waals surface area contributed by atoms with Gasteiger partial charge in [0.05, 0.1) is 25.8 Å². The van der Waals surface area contributed by atoms with E-state index in [1.165, 1.54) is 0 Å². The van der Waals surface area contributed by atoms with Gasteiger partial charge in [0, 0.05) is 63.8 Å². The zero-order valence-corrected chi connectivity index (χ0v) is 31.3. The molecule has 0 radical (unpaired) electrons.